The van der Waals surface area contributed by atoms with Gasteiger partial charge in [-0.15, -0.1) is 0 Å². The number of aryl methyl sites for hydroxylation is 1. The fourth-order valence-electron chi connectivity index (χ4n) is 2.66. The number of rotatable bonds is 6. The van der Waals surface area contributed by atoms with E-state index in [9.17, 15) is 19.7 Å². The summed E-state index contributed by atoms with van der Waals surface area (Å²) in [5.41, 5.74) is 4.91. The number of furan rings is 1. The molecule has 0 aliphatic carbocycles. The van der Waals surface area contributed by atoms with Crippen LogP contribution < -0.4 is 10.7 Å². The van der Waals surface area contributed by atoms with Gasteiger partial charge in [-0.2, -0.15) is 5.10 Å². The number of nitro groups is 1. The highest BCUT2D eigenvalue weighted by atomic mass is 16.6. The van der Waals surface area contributed by atoms with E-state index in [0.717, 1.165) is 5.56 Å². The summed E-state index contributed by atoms with van der Waals surface area (Å²) in [5, 5.41) is 17.7. The molecule has 9 heteroatoms. The molecule has 2 N–H and O–H groups in total. The molecule has 2 amide bonds. The first-order valence-electron chi connectivity index (χ1n) is 8.90. The fraction of sp³-hybridized carbons (Fsp3) is 0.0952. The van der Waals surface area contributed by atoms with E-state index >= 15 is 0 Å². The lowest BCUT2D eigenvalue weighted by Gasteiger charge is -2.06. The van der Waals surface area contributed by atoms with Crippen molar-refractivity contribution in [1.29, 1.82) is 0 Å². The van der Waals surface area contributed by atoms with E-state index < -0.39 is 10.8 Å². The van der Waals surface area contributed by atoms with Gasteiger partial charge in [-0.05, 0) is 55.8 Å². The molecule has 0 saturated carbocycles. The Hall–Kier alpha value is -4.27. The van der Waals surface area contributed by atoms with E-state index in [1.165, 1.54) is 24.5 Å². The number of benzene rings is 2. The van der Waals surface area contributed by atoms with Crippen molar-refractivity contribution in [2.45, 2.75) is 13.8 Å². The molecular weight excluding hydrogens is 388 g/mol. The number of nitrogens with one attached hydrogen (secondary N) is 2. The van der Waals surface area contributed by atoms with Crippen LogP contribution in [0.5, 0.6) is 0 Å². The normalized spacial score (nSPS) is 11.1. The molecule has 0 bridgehead atoms. The predicted octanol–water partition coefficient (Wildman–Crippen LogP) is 3.90. The minimum Gasteiger partial charge on any atom is -0.459 e. The second kappa shape index (κ2) is 8.82. The number of carbonyl (C=O) groups excluding carboxylic acids is 2. The van der Waals surface area contributed by atoms with Crippen LogP contribution in [0.25, 0.3) is 0 Å². The average molecular weight is 406 g/mol. The number of hydrazone groups is 1. The summed E-state index contributed by atoms with van der Waals surface area (Å²) in [6, 6.07) is 14.2. The SMILES string of the molecule is C/C(=N\NC(=O)c1ccc([N+](=O)[O-])c(C)c1)c1ccc(NC(=O)c2ccco2)cc1. The zero-order valence-electron chi connectivity index (χ0n) is 16.2. The molecule has 0 atom stereocenters. The van der Waals surface area contributed by atoms with Crippen molar-refractivity contribution in [2.75, 3.05) is 5.32 Å². The minimum absolute atomic E-state index is 0.0505. The molecule has 1 aromatic heterocycles. The highest BCUT2D eigenvalue weighted by molar-refractivity contribution is 6.03. The summed E-state index contributed by atoms with van der Waals surface area (Å²) >= 11 is 0. The lowest BCUT2D eigenvalue weighted by Crippen LogP contribution is -2.19. The van der Waals surface area contributed by atoms with Crippen molar-refractivity contribution in [1.82, 2.24) is 5.43 Å². The third-order valence-corrected chi connectivity index (χ3v) is 4.29. The topological polar surface area (TPSA) is 127 Å². The maximum atomic E-state index is 12.3. The van der Waals surface area contributed by atoms with Crippen molar-refractivity contribution < 1.29 is 18.9 Å². The average Bonchev–Trinajstić information content (AvgIpc) is 3.27. The Morgan fingerprint density at radius 3 is 2.33 bits per heavy atom. The van der Waals surface area contributed by atoms with Crippen LogP contribution in [0.2, 0.25) is 0 Å². The quantitative estimate of drug-likeness (QED) is 0.365. The highest BCUT2D eigenvalue weighted by Gasteiger charge is 2.14. The number of carbonyl (C=O) groups is 2. The standard InChI is InChI=1S/C21H18N4O5/c1-13-12-16(7-10-18(13)25(28)29)20(26)24-23-14(2)15-5-8-17(9-6-15)22-21(27)19-4-3-11-30-19/h3-12H,1-2H3,(H,22,27)(H,24,26)/b23-14+. The molecule has 0 aliphatic heterocycles. The van der Waals surface area contributed by atoms with Crippen LogP contribution in [0, 0.1) is 17.0 Å². The molecule has 3 rings (SSSR count). The van der Waals surface area contributed by atoms with Gasteiger partial charge in [0.2, 0.25) is 0 Å². The molecule has 1 heterocycles. The first-order valence-corrected chi connectivity index (χ1v) is 8.90. The number of hydrogen-bond donors (Lipinski definition) is 2. The largest absolute Gasteiger partial charge is 0.459 e. The van der Waals surface area contributed by atoms with Gasteiger partial charge in [0, 0.05) is 22.9 Å². The van der Waals surface area contributed by atoms with Gasteiger partial charge in [0.1, 0.15) is 0 Å². The molecule has 0 spiro atoms. The summed E-state index contributed by atoms with van der Waals surface area (Å²) < 4.78 is 5.04. The molecule has 0 unspecified atom stereocenters. The Morgan fingerprint density at radius 1 is 1.03 bits per heavy atom. The molecule has 152 valence electrons. The van der Waals surface area contributed by atoms with Crippen LogP contribution in [-0.4, -0.2) is 22.4 Å². The molecule has 9 nitrogen and oxygen atoms in total. The Bertz CT molecular complexity index is 1120. The minimum atomic E-state index is -0.500. The first-order chi connectivity index (χ1) is 14.3. The maximum Gasteiger partial charge on any atom is 0.291 e. The molecule has 0 radical (unpaired) electrons. The van der Waals surface area contributed by atoms with Gasteiger partial charge in [-0.1, -0.05) is 12.1 Å². The van der Waals surface area contributed by atoms with Gasteiger partial charge in [0.05, 0.1) is 16.9 Å². The summed E-state index contributed by atoms with van der Waals surface area (Å²) in [7, 11) is 0. The highest BCUT2D eigenvalue weighted by Crippen LogP contribution is 2.18. The van der Waals surface area contributed by atoms with E-state index in [-0.39, 0.29) is 22.9 Å². The monoisotopic (exact) mass is 406 g/mol. The number of nitrogens with zero attached hydrogens (tertiary/aromatic N) is 2. The van der Waals surface area contributed by atoms with Crippen molar-refractivity contribution in [3.05, 3.63) is 93.4 Å². The summed E-state index contributed by atoms with van der Waals surface area (Å²) in [6.07, 6.45) is 1.42. The van der Waals surface area contributed by atoms with Crippen LogP contribution >= 0.6 is 0 Å². The van der Waals surface area contributed by atoms with Gasteiger partial charge < -0.3 is 9.73 Å². The van der Waals surface area contributed by atoms with Gasteiger partial charge in [0.25, 0.3) is 17.5 Å². The Kier molecular flexibility index (Phi) is 6.02. The lowest BCUT2D eigenvalue weighted by molar-refractivity contribution is -0.385. The number of anilines is 1. The van der Waals surface area contributed by atoms with Gasteiger partial charge >= 0.3 is 0 Å². The van der Waals surface area contributed by atoms with Crippen LogP contribution in [0.3, 0.4) is 0 Å². The predicted molar refractivity (Wildman–Crippen MR) is 111 cm³/mol. The Morgan fingerprint density at radius 2 is 1.73 bits per heavy atom. The second-order valence-electron chi connectivity index (χ2n) is 6.41. The molecule has 3 aromatic rings. The van der Waals surface area contributed by atoms with E-state index in [0.29, 0.717) is 17.0 Å². The summed E-state index contributed by atoms with van der Waals surface area (Å²) in [6.45, 7) is 3.29. The number of amides is 2. The van der Waals surface area contributed by atoms with Crippen LogP contribution in [0.15, 0.2) is 70.4 Å². The van der Waals surface area contributed by atoms with E-state index in [2.05, 4.69) is 15.8 Å². The van der Waals surface area contributed by atoms with Gasteiger partial charge in [-0.25, -0.2) is 5.43 Å². The van der Waals surface area contributed by atoms with Crippen LogP contribution in [-0.2, 0) is 0 Å². The molecule has 30 heavy (non-hydrogen) atoms. The number of nitro benzene ring substituents is 1. The van der Waals surface area contributed by atoms with Crippen molar-refractivity contribution >= 4 is 28.9 Å². The third kappa shape index (κ3) is 4.76. The van der Waals surface area contributed by atoms with E-state index in [1.807, 2.05) is 0 Å². The lowest BCUT2D eigenvalue weighted by atomic mass is 10.1. The molecule has 0 saturated heterocycles. The van der Waals surface area contributed by atoms with Gasteiger partial charge in [-0.3, -0.25) is 19.7 Å². The van der Waals surface area contributed by atoms with Crippen molar-refractivity contribution in [2.24, 2.45) is 5.10 Å². The Balaban J connectivity index is 1.64. The van der Waals surface area contributed by atoms with Crippen molar-refractivity contribution in [3.8, 4) is 0 Å². The van der Waals surface area contributed by atoms with Gasteiger partial charge in [0.15, 0.2) is 5.76 Å². The summed E-state index contributed by atoms with van der Waals surface area (Å²) in [4.78, 5) is 34.6. The summed E-state index contributed by atoms with van der Waals surface area (Å²) in [5.74, 6) is -0.625. The van der Waals surface area contributed by atoms with Crippen molar-refractivity contribution in [3.63, 3.8) is 0 Å². The maximum absolute atomic E-state index is 12.3. The fourth-order valence-corrected chi connectivity index (χ4v) is 2.66. The zero-order valence-corrected chi connectivity index (χ0v) is 16.2. The molecule has 0 aliphatic rings. The zero-order chi connectivity index (χ0) is 21.7. The van der Waals surface area contributed by atoms with Crippen LogP contribution in [0.1, 0.15) is 39.0 Å². The van der Waals surface area contributed by atoms with Crippen LogP contribution in [0.4, 0.5) is 11.4 Å². The van der Waals surface area contributed by atoms with E-state index in [1.54, 1.807) is 50.2 Å². The molecule has 2 aromatic carbocycles. The molecule has 0 fully saturated rings. The first kappa shape index (κ1) is 20.5. The smallest absolute Gasteiger partial charge is 0.291 e. The Labute approximate surface area is 171 Å². The second-order valence-corrected chi connectivity index (χ2v) is 6.41. The molecular formula is C21H18N4O5. The number of hydrogen-bond acceptors (Lipinski definition) is 6. The van der Waals surface area contributed by atoms with E-state index in [4.69, 9.17) is 4.42 Å². The third-order valence-electron chi connectivity index (χ3n) is 4.29.